The number of rotatable bonds is 4. The normalized spacial score (nSPS) is 9.82. The minimum absolute atomic E-state index is 0.0634. The van der Waals surface area contributed by atoms with Crippen molar-refractivity contribution in [1.29, 1.82) is 0 Å². The summed E-state index contributed by atoms with van der Waals surface area (Å²) in [6.07, 6.45) is 0. The van der Waals surface area contributed by atoms with Crippen LogP contribution in [0.5, 0.6) is 0 Å². The summed E-state index contributed by atoms with van der Waals surface area (Å²) in [7, 11) is 1.55. The standard InChI is InChI=1S/C12H16N2O2S/c1-3-14(8-11(15)13-2)12(16)9-6-4-5-7-10(9)17/h4-7,17H,3,8H2,1-2H3,(H,13,15). The lowest BCUT2D eigenvalue weighted by Crippen LogP contribution is -2.39. The van der Waals surface area contributed by atoms with Crippen molar-refractivity contribution in [2.45, 2.75) is 11.8 Å². The molecular formula is C12H16N2O2S. The second-order valence-corrected chi connectivity index (χ2v) is 3.99. The van der Waals surface area contributed by atoms with Crippen molar-refractivity contribution in [3.8, 4) is 0 Å². The number of thiol groups is 1. The van der Waals surface area contributed by atoms with Crippen LogP contribution < -0.4 is 5.32 Å². The van der Waals surface area contributed by atoms with Gasteiger partial charge in [0.2, 0.25) is 5.91 Å². The fourth-order valence-electron chi connectivity index (χ4n) is 1.40. The molecule has 4 nitrogen and oxygen atoms in total. The molecule has 5 heteroatoms. The van der Waals surface area contributed by atoms with Gasteiger partial charge in [0.1, 0.15) is 0 Å². The van der Waals surface area contributed by atoms with Gasteiger partial charge in [-0.25, -0.2) is 0 Å². The first-order chi connectivity index (χ1) is 8.10. The van der Waals surface area contributed by atoms with E-state index >= 15 is 0 Å². The molecule has 0 saturated heterocycles. The first-order valence-corrected chi connectivity index (χ1v) is 5.82. The van der Waals surface area contributed by atoms with Crippen LogP contribution in [0.4, 0.5) is 0 Å². The Morgan fingerprint density at radius 3 is 2.53 bits per heavy atom. The van der Waals surface area contributed by atoms with Crippen LogP contribution in [0.3, 0.4) is 0 Å². The molecule has 0 aromatic heterocycles. The summed E-state index contributed by atoms with van der Waals surface area (Å²) in [6, 6.07) is 7.05. The van der Waals surface area contributed by atoms with Gasteiger partial charge < -0.3 is 10.2 Å². The van der Waals surface area contributed by atoms with Gasteiger partial charge in [0.15, 0.2) is 0 Å². The highest BCUT2D eigenvalue weighted by Crippen LogP contribution is 2.15. The maximum atomic E-state index is 12.1. The highest BCUT2D eigenvalue weighted by Gasteiger charge is 2.18. The highest BCUT2D eigenvalue weighted by molar-refractivity contribution is 7.80. The van der Waals surface area contributed by atoms with Crippen LogP contribution in [0.1, 0.15) is 17.3 Å². The number of nitrogens with one attached hydrogen (secondary N) is 1. The molecule has 1 aromatic rings. The van der Waals surface area contributed by atoms with Crippen molar-refractivity contribution in [3.63, 3.8) is 0 Å². The first kappa shape index (κ1) is 13.6. The summed E-state index contributed by atoms with van der Waals surface area (Å²) in [5, 5.41) is 2.50. The quantitative estimate of drug-likeness (QED) is 0.791. The molecule has 0 bridgehead atoms. The summed E-state index contributed by atoms with van der Waals surface area (Å²) in [5.41, 5.74) is 0.515. The third-order valence-corrected chi connectivity index (χ3v) is 2.81. The molecule has 1 rings (SSSR count). The van der Waals surface area contributed by atoms with E-state index in [2.05, 4.69) is 17.9 Å². The molecule has 1 N–H and O–H groups in total. The maximum Gasteiger partial charge on any atom is 0.255 e. The minimum Gasteiger partial charge on any atom is -0.358 e. The van der Waals surface area contributed by atoms with Crippen LogP contribution in [0.2, 0.25) is 0 Å². The molecule has 0 aliphatic carbocycles. The molecule has 0 aliphatic heterocycles. The van der Waals surface area contributed by atoms with Crippen LogP contribution in [0.25, 0.3) is 0 Å². The van der Waals surface area contributed by atoms with Gasteiger partial charge in [0.25, 0.3) is 5.91 Å². The molecule has 0 fully saturated rings. The van der Waals surface area contributed by atoms with E-state index in [9.17, 15) is 9.59 Å². The van der Waals surface area contributed by atoms with E-state index < -0.39 is 0 Å². The number of carbonyl (C=O) groups is 2. The maximum absolute atomic E-state index is 12.1. The van der Waals surface area contributed by atoms with Gasteiger partial charge in [-0.3, -0.25) is 9.59 Å². The number of nitrogens with zero attached hydrogens (tertiary/aromatic N) is 1. The van der Waals surface area contributed by atoms with E-state index in [0.29, 0.717) is 17.0 Å². The average Bonchev–Trinajstić information content (AvgIpc) is 2.35. The molecule has 1 aromatic carbocycles. The van der Waals surface area contributed by atoms with Crippen LogP contribution in [0.15, 0.2) is 29.2 Å². The summed E-state index contributed by atoms with van der Waals surface area (Å²) in [5.74, 6) is -0.362. The van der Waals surface area contributed by atoms with E-state index in [0.717, 1.165) is 0 Å². The Hall–Kier alpha value is -1.49. The number of benzene rings is 1. The average molecular weight is 252 g/mol. The van der Waals surface area contributed by atoms with Gasteiger partial charge in [-0.05, 0) is 19.1 Å². The minimum atomic E-state index is -0.183. The molecule has 0 spiro atoms. The second kappa shape index (κ2) is 6.30. The third kappa shape index (κ3) is 3.49. The Balaban J connectivity index is 2.87. The SMILES string of the molecule is CCN(CC(=O)NC)C(=O)c1ccccc1S. The van der Waals surface area contributed by atoms with E-state index in [-0.39, 0.29) is 18.4 Å². The topological polar surface area (TPSA) is 49.4 Å². The Labute approximate surface area is 106 Å². The van der Waals surface area contributed by atoms with Gasteiger partial charge in [-0.15, -0.1) is 12.6 Å². The number of amides is 2. The lowest BCUT2D eigenvalue weighted by molar-refractivity contribution is -0.121. The fraction of sp³-hybridized carbons (Fsp3) is 0.333. The summed E-state index contributed by atoms with van der Waals surface area (Å²) in [4.78, 5) is 25.5. The predicted octanol–water partition coefficient (Wildman–Crippen LogP) is 1.18. The van der Waals surface area contributed by atoms with Crippen molar-refractivity contribution in [2.75, 3.05) is 20.1 Å². The molecule has 92 valence electrons. The Kier molecular flexibility index (Phi) is 5.03. The molecule has 17 heavy (non-hydrogen) atoms. The summed E-state index contributed by atoms with van der Waals surface area (Å²) >= 11 is 4.24. The van der Waals surface area contributed by atoms with Crippen LogP contribution in [0, 0.1) is 0 Å². The Morgan fingerprint density at radius 2 is 2.00 bits per heavy atom. The Bertz CT molecular complexity index is 421. The van der Waals surface area contributed by atoms with Crippen molar-refractivity contribution in [3.05, 3.63) is 29.8 Å². The molecule has 0 heterocycles. The van der Waals surface area contributed by atoms with E-state index in [1.807, 2.05) is 13.0 Å². The number of hydrogen-bond acceptors (Lipinski definition) is 3. The molecule has 2 amide bonds. The molecule has 0 atom stereocenters. The zero-order valence-electron chi connectivity index (χ0n) is 9.93. The lowest BCUT2D eigenvalue weighted by atomic mass is 10.2. The van der Waals surface area contributed by atoms with Crippen LogP contribution in [-0.4, -0.2) is 36.9 Å². The Morgan fingerprint density at radius 1 is 1.35 bits per heavy atom. The smallest absolute Gasteiger partial charge is 0.255 e. The van der Waals surface area contributed by atoms with Crippen LogP contribution >= 0.6 is 12.6 Å². The second-order valence-electron chi connectivity index (χ2n) is 3.51. The van der Waals surface area contributed by atoms with Gasteiger partial charge in [-0.2, -0.15) is 0 Å². The summed E-state index contributed by atoms with van der Waals surface area (Å²) < 4.78 is 0. The fourth-order valence-corrected chi connectivity index (χ4v) is 1.66. The molecular weight excluding hydrogens is 236 g/mol. The number of likely N-dealkylation sites (N-methyl/N-ethyl adjacent to an activating group) is 2. The zero-order chi connectivity index (χ0) is 12.8. The van der Waals surface area contributed by atoms with Crippen LogP contribution in [-0.2, 0) is 4.79 Å². The molecule has 0 aliphatic rings. The van der Waals surface area contributed by atoms with E-state index in [1.54, 1.807) is 25.2 Å². The lowest BCUT2D eigenvalue weighted by Gasteiger charge is -2.20. The van der Waals surface area contributed by atoms with Gasteiger partial charge in [0.05, 0.1) is 12.1 Å². The van der Waals surface area contributed by atoms with Gasteiger partial charge >= 0.3 is 0 Å². The molecule has 0 unspecified atom stereocenters. The zero-order valence-corrected chi connectivity index (χ0v) is 10.8. The largest absolute Gasteiger partial charge is 0.358 e. The van der Waals surface area contributed by atoms with Crippen molar-refractivity contribution in [1.82, 2.24) is 10.2 Å². The van der Waals surface area contributed by atoms with Gasteiger partial charge in [-0.1, -0.05) is 12.1 Å². The first-order valence-electron chi connectivity index (χ1n) is 5.38. The summed E-state index contributed by atoms with van der Waals surface area (Å²) in [6.45, 7) is 2.38. The van der Waals surface area contributed by atoms with Gasteiger partial charge in [0, 0.05) is 18.5 Å². The van der Waals surface area contributed by atoms with Crippen molar-refractivity contribution < 1.29 is 9.59 Å². The van der Waals surface area contributed by atoms with Crippen molar-refractivity contribution >= 4 is 24.4 Å². The molecule has 0 radical (unpaired) electrons. The highest BCUT2D eigenvalue weighted by atomic mass is 32.1. The van der Waals surface area contributed by atoms with E-state index in [1.165, 1.54) is 4.90 Å². The van der Waals surface area contributed by atoms with E-state index in [4.69, 9.17) is 0 Å². The predicted molar refractivity (Wildman–Crippen MR) is 69.3 cm³/mol. The molecule has 0 saturated carbocycles. The third-order valence-electron chi connectivity index (χ3n) is 2.42. The number of carbonyl (C=O) groups excluding carboxylic acids is 2. The monoisotopic (exact) mass is 252 g/mol. The van der Waals surface area contributed by atoms with Crippen molar-refractivity contribution in [2.24, 2.45) is 0 Å². The number of hydrogen-bond donors (Lipinski definition) is 2.